The number of esters is 1. The lowest BCUT2D eigenvalue weighted by Crippen LogP contribution is -2.22. The molecule has 0 spiro atoms. The molecule has 164 valence electrons. The molecule has 1 amide bonds. The molecule has 0 aliphatic heterocycles. The molecular formula is C23H18ClNO6S. The first kappa shape index (κ1) is 23.2. The molecule has 0 heterocycles. The second-order valence-corrected chi connectivity index (χ2v) is 9.26. The Kier molecular flexibility index (Phi) is 7.07. The summed E-state index contributed by atoms with van der Waals surface area (Å²) < 4.78 is 28.3. The number of hydrogen-bond acceptors (Lipinski definition) is 6. The van der Waals surface area contributed by atoms with Crippen LogP contribution in [0.1, 0.15) is 26.3 Å². The smallest absolute Gasteiger partial charge is 0.338 e. The Hall–Kier alpha value is -3.49. The van der Waals surface area contributed by atoms with Crippen LogP contribution in [0.25, 0.3) is 0 Å². The fourth-order valence-corrected chi connectivity index (χ4v) is 3.65. The number of nitrogens with one attached hydrogen (secondary N) is 1. The monoisotopic (exact) mass is 471 g/mol. The molecule has 0 aromatic heterocycles. The standard InChI is InChI=1S/C23H18ClNO6S/c1-32(29,30)18-9-5-8-16(12-18)23(28)31-14-21(26)25-20-11-10-17(24)13-19(20)22(27)15-6-3-2-4-7-15/h2-13H,14H2,1H3,(H,25,26). The summed E-state index contributed by atoms with van der Waals surface area (Å²) in [7, 11) is -3.50. The van der Waals surface area contributed by atoms with Gasteiger partial charge in [-0.25, -0.2) is 13.2 Å². The van der Waals surface area contributed by atoms with E-state index in [2.05, 4.69) is 5.32 Å². The molecule has 0 aliphatic rings. The van der Waals surface area contributed by atoms with Gasteiger partial charge in [-0.3, -0.25) is 9.59 Å². The second-order valence-electron chi connectivity index (χ2n) is 6.81. The van der Waals surface area contributed by atoms with Crippen molar-refractivity contribution in [1.29, 1.82) is 0 Å². The van der Waals surface area contributed by atoms with Gasteiger partial charge in [0.25, 0.3) is 5.91 Å². The summed E-state index contributed by atoms with van der Waals surface area (Å²) in [6.07, 6.45) is 1.02. The number of anilines is 1. The van der Waals surface area contributed by atoms with Crippen LogP contribution in [0.15, 0.2) is 77.7 Å². The Morgan fingerprint density at radius 2 is 1.59 bits per heavy atom. The van der Waals surface area contributed by atoms with E-state index in [-0.39, 0.29) is 27.5 Å². The largest absolute Gasteiger partial charge is 0.452 e. The van der Waals surface area contributed by atoms with Crippen LogP contribution in [-0.4, -0.2) is 38.9 Å². The fraction of sp³-hybridized carbons (Fsp3) is 0.0870. The molecule has 3 aromatic rings. The average molecular weight is 472 g/mol. The van der Waals surface area contributed by atoms with Crippen LogP contribution < -0.4 is 5.32 Å². The van der Waals surface area contributed by atoms with Gasteiger partial charge in [-0.05, 0) is 36.4 Å². The highest BCUT2D eigenvalue weighted by Gasteiger charge is 2.18. The van der Waals surface area contributed by atoms with E-state index in [0.717, 1.165) is 6.26 Å². The predicted molar refractivity (Wildman–Crippen MR) is 120 cm³/mol. The lowest BCUT2D eigenvalue weighted by atomic mass is 10.0. The van der Waals surface area contributed by atoms with E-state index in [4.69, 9.17) is 16.3 Å². The molecule has 7 nitrogen and oxygen atoms in total. The molecule has 0 saturated carbocycles. The summed E-state index contributed by atoms with van der Waals surface area (Å²) in [6, 6.07) is 18.2. The highest BCUT2D eigenvalue weighted by molar-refractivity contribution is 7.90. The maximum atomic E-state index is 12.8. The number of carbonyl (C=O) groups excluding carboxylic acids is 3. The maximum Gasteiger partial charge on any atom is 0.338 e. The molecule has 3 aromatic carbocycles. The van der Waals surface area contributed by atoms with Crippen molar-refractivity contribution in [2.45, 2.75) is 4.90 Å². The van der Waals surface area contributed by atoms with E-state index in [0.29, 0.717) is 10.6 Å². The van der Waals surface area contributed by atoms with E-state index in [1.54, 1.807) is 30.3 Å². The summed E-state index contributed by atoms with van der Waals surface area (Å²) in [5, 5.41) is 2.86. The Balaban J connectivity index is 1.71. The van der Waals surface area contributed by atoms with Gasteiger partial charge in [-0.2, -0.15) is 0 Å². The second kappa shape index (κ2) is 9.76. The van der Waals surface area contributed by atoms with Gasteiger partial charge in [-0.15, -0.1) is 0 Å². The van der Waals surface area contributed by atoms with Gasteiger partial charge in [0, 0.05) is 22.4 Å². The van der Waals surface area contributed by atoms with Gasteiger partial charge in [0.15, 0.2) is 22.2 Å². The fourth-order valence-electron chi connectivity index (χ4n) is 2.81. The number of hydrogen-bond donors (Lipinski definition) is 1. The third kappa shape index (κ3) is 5.81. The minimum atomic E-state index is -3.50. The number of halogens is 1. The number of amides is 1. The van der Waals surface area contributed by atoms with Crippen molar-refractivity contribution >= 4 is 44.8 Å². The predicted octanol–water partition coefficient (Wildman–Crippen LogP) is 3.77. The van der Waals surface area contributed by atoms with Crippen LogP contribution in [0.2, 0.25) is 5.02 Å². The lowest BCUT2D eigenvalue weighted by molar-refractivity contribution is -0.119. The first-order chi connectivity index (χ1) is 15.1. The molecule has 0 aliphatic carbocycles. The van der Waals surface area contributed by atoms with Gasteiger partial charge in [0.1, 0.15) is 0 Å². The highest BCUT2D eigenvalue weighted by atomic mass is 35.5. The van der Waals surface area contributed by atoms with Crippen LogP contribution in [0.5, 0.6) is 0 Å². The van der Waals surface area contributed by atoms with Crippen LogP contribution in [0.3, 0.4) is 0 Å². The van der Waals surface area contributed by atoms with Crippen molar-refractivity contribution in [3.8, 4) is 0 Å². The zero-order chi connectivity index (χ0) is 23.3. The number of carbonyl (C=O) groups is 3. The van der Waals surface area contributed by atoms with E-state index in [1.807, 2.05) is 0 Å². The number of benzene rings is 3. The number of ether oxygens (including phenoxy) is 1. The zero-order valence-electron chi connectivity index (χ0n) is 16.9. The third-order valence-electron chi connectivity index (χ3n) is 4.37. The summed E-state index contributed by atoms with van der Waals surface area (Å²) >= 11 is 6.02. The molecule has 0 unspecified atom stereocenters. The highest BCUT2D eigenvalue weighted by Crippen LogP contribution is 2.24. The maximum absolute atomic E-state index is 12.8. The van der Waals surface area contributed by atoms with Crippen molar-refractivity contribution in [3.63, 3.8) is 0 Å². The third-order valence-corrected chi connectivity index (χ3v) is 5.71. The van der Waals surface area contributed by atoms with Gasteiger partial charge in [-0.1, -0.05) is 48.0 Å². The molecular weight excluding hydrogens is 454 g/mol. The molecule has 0 atom stereocenters. The molecule has 3 rings (SSSR count). The van der Waals surface area contributed by atoms with Crippen LogP contribution >= 0.6 is 11.6 Å². The topological polar surface area (TPSA) is 107 Å². The minimum Gasteiger partial charge on any atom is -0.452 e. The van der Waals surface area contributed by atoms with Gasteiger partial charge in [0.2, 0.25) is 0 Å². The van der Waals surface area contributed by atoms with Crippen LogP contribution in [0, 0.1) is 0 Å². The first-order valence-electron chi connectivity index (χ1n) is 9.31. The molecule has 32 heavy (non-hydrogen) atoms. The molecule has 0 fully saturated rings. The Morgan fingerprint density at radius 1 is 0.906 bits per heavy atom. The quantitative estimate of drug-likeness (QED) is 0.415. The van der Waals surface area contributed by atoms with Crippen LogP contribution in [-0.2, 0) is 19.4 Å². The molecule has 0 bridgehead atoms. The molecule has 1 N–H and O–H groups in total. The van der Waals surface area contributed by atoms with E-state index in [1.165, 1.54) is 42.5 Å². The van der Waals surface area contributed by atoms with Crippen molar-refractivity contribution in [3.05, 3.63) is 94.5 Å². The Bertz CT molecular complexity index is 1290. The normalized spacial score (nSPS) is 10.9. The summed E-state index contributed by atoms with van der Waals surface area (Å²) in [4.78, 5) is 37.3. The van der Waals surface area contributed by atoms with E-state index >= 15 is 0 Å². The summed E-state index contributed by atoms with van der Waals surface area (Å²) in [5.74, 6) is -1.87. The van der Waals surface area contributed by atoms with Crippen molar-refractivity contribution in [2.24, 2.45) is 0 Å². The number of sulfone groups is 1. The van der Waals surface area contributed by atoms with Crippen molar-refractivity contribution < 1.29 is 27.5 Å². The van der Waals surface area contributed by atoms with Crippen molar-refractivity contribution in [2.75, 3.05) is 18.2 Å². The molecule has 9 heteroatoms. The summed E-state index contributed by atoms with van der Waals surface area (Å²) in [6.45, 7) is -0.635. The summed E-state index contributed by atoms with van der Waals surface area (Å²) in [5.41, 5.74) is 0.808. The Labute approximate surface area is 189 Å². The Morgan fingerprint density at radius 3 is 2.28 bits per heavy atom. The minimum absolute atomic E-state index is 0.00726. The van der Waals surface area contributed by atoms with Gasteiger partial charge < -0.3 is 10.1 Å². The van der Waals surface area contributed by atoms with Crippen LogP contribution in [0.4, 0.5) is 5.69 Å². The van der Waals surface area contributed by atoms with E-state index in [9.17, 15) is 22.8 Å². The number of ketones is 1. The first-order valence-corrected chi connectivity index (χ1v) is 11.6. The molecule has 0 radical (unpaired) electrons. The number of rotatable bonds is 7. The zero-order valence-corrected chi connectivity index (χ0v) is 18.4. The SMILES string of the molecule is CS(=O)(=O)c1cccc(C(=O)OCC(=O)Nc2ccc(Cl)cc2C(=O)c2ccccc2)c1. The average Bonchev–Trinajstić information content (AvgIpc) is 2.78. The van der Waals surface area contributed by atoms with Crippen molar-refractivity contribution in [1.82, 2.24) is 0 Å². The van der Waals surface area contributed by atoms with Gasteiger partial charge >= 0.3 is 5.97 Å². The van der Waals surface area contributed by atoms with E-state index < -0.39 is 28.3 Å². The lowest BCUT2D eigenvalue weighted by Gasteiger charge is -2.12. The molecule has 0 saturated heterocycles. The van der Waals surface area contributed by atoms with Gasteiger partial charge in [0.05, 0.1) is 16.1 Å².